The fourth-order valence-electron chi connectivity index (χ4n) is 2.53. The van der Waals surface area contributed by atoms with E-state index in [2.05, 4.69) is 32.9 Å². The number of carbonyl (C=O) groups is 1. The number of unbranched alkanes of at least 4 members (excludes halogenated alkanes) is 1. The van der Waals surface area contributed by atoms with Crippen LogP contribution >= 0.6 is 0 Å². The molecule has 1 aliphatic carbocycles. The molecule has 0 aromatic heterocycles. The molecule has 0 spiro atoms. The van der Waals surface area contributed by atoms with Gasteiger partial charge in [-0.2, -0.15) is 0 Å². The summed E-state index contributed by atoms with van der Waals surface area (Å²) in [6, 6.07) is 0. The molecule has 0 aliphatic heterocycles. The predicted octanol–water partition coefficient (Wildman–Crippen LogP) is 4.33. The fourth-order valence-corrected chi connectivity index (χ4v) is 2.53. The first-order valence-electron chi connectivity index (χ1n) is 7.62. The summed E-state index contributed by atoms with van der Waals surface area (Å²) in [5.74, 6) is 0.876. The molecular formula is C17H29NO. The van der Waals surface area contributed by atoms with Crippen LogP contribution in [0.5, 0.6) is 0 Å². The van der Waals surface area contributed by atoms with Gasteiger partial charge in [-0.1, -0.05) is 36.6 Å². The van der Waals surface area contributed by atoms with Crippen molar-refractivity contribution < 1.29 is 4.79 Å². The number of rotatable bonds is 6. The topological polar surface area (TPSA) is 20.3 Å². The van der Waals surface area contributed by atoms with Crippen LogP contribution < -0.4 is 0 Å². The summed E-state index contributed by atoms with van der Waals surface area (Å²) in [4.78, 5) is 13.5. The van der Waals surface area contributed by atoms with Crippen molar-refractivity contribution in [2.75, 3.05) is 13.1 Å². The zero-order chi connectivity index (χ0) is 14.3. The average molecular weight is 263 g/mol. The van der Waals surface area contributed by atoms with E-state index in [4.69, 9.17) is 0 Å². The van der Waals surface area contributed by atoms with Crippen molar-refractivity contribution in [3.05, 3.63) is 23.3 Å². The van der Waals surface area contributed by atoms with Crippen LogP contribution in [-0.4, -0.2) is 23.9 Å². The van der Waals surface area contributed by atoms with E-state index < -0.39 is 0 Å². The van der Waals surface area contributed by atoms with Gasteiger partial charge in [-0.3, -0.25) is 4.79 Å². The molecule has 0 heterocycles. The Hall–Kier alpha value is -1.05. The molecule has 19 heavy (non-hydrogen) atoms. The Bertz CT molecular complexity index is 354. The Morgan fingerprint density at radius 1 is 1.47 bits per heavy atom. The molecule has 1 aliphatic rings. The first-order chi connectivity index (χ1) is 9.04. The van der Waals surface area contributed by atoms with Gasteiger partial charge in [0.1, 0.15) is 0 Å². The molecule has 2 heteroatoms. The highest BCUT2D eigenvalue weighted by molar-refractivity contribution is 5.73. The molecule has 0 fully saturated rings. The number of hydrogen-bond donors (Lipinski definition) is 0. The van der Waals surface area contributed by atoms with Crippen LogP contribution in [0.4, 0.5) is 0 Å². The lowest BCUT2D eigenvalue weighted by Gasteiger charge is -2.23. The first kappa shape index (κ1) is 16.0. The van der Waals surface area contributed by atoms with Crippen LogP contribution in [0, 0.1) is 5.92 Å². The second-order valence-electron chi connectivity index (χ2n) is 5.79. The third-order valence-electron chi connectivity index (χ3n) is 4.14. The van der Waals surface area contributed by atoms with Gasteiger partial charge in [0.15, 0.2) is 0 Å². The van der Waals surface area contributed by atoms with E-state index in [1.165, 1.54) is 30.4 Å². The van der Waals surface area contributed by atoms with E-state index in [9.17, 15) is 4.79 Å². The SMILES string of the molecule is CCCCN(C/C=C(\C)C1CC=C(C)CC1)C(C)=O. The van der Waals surface area contributed by atoms with E-state index in [0.29, 0.717) is 5.92 Å². The zero-order valence-electron chi connectivity index (χ0n) is 13.0. The van der Waals surface area contributed by atoms with Crippen molar-refractivity contribution in [3.8, 4) is 0 Å². The van der Waals surface area contributed by atoms with E-state index >= 15 is 0 Å². The van der Waals surface area contributed by atoms with Crippen molar-refractivity contribution in [1.82, 2.24) is 4.90 Å². The summed E-state index contributed by atoms with van der Waals surface area (Å²) in [6.07, 6.45) is 10.5. The summed E-state index contributed by atoms with van der Waals surface area (Å²) in [7, 11) is 0. The van der Waals surface area contributed by atoms with E-state index in [1.54, 1.807) is 6.92 Å². The maximum Gasteiger partial charge on any atom is 0.219 e. The third-order valence-corrected chi connectivity index (χ3v) is 4.14. The van der Waals surface area contributed by atoms with E-state index in [1.807, 2.05) is 4.90 Å². The van der Waals surface area contributed by atoms with Crippen LogP contribution in [0.1, 0.15) is 59.8 Å². The number of allylic oxidation sites excluding steroid dienone is 3. The van der Waals surface area contributed by atoms with Gasteiger partial charge in [-0.15, -0.1) is 0 Å². The number of nitrogens with zero attached hydrogens (tertiary/aromatic N) is 1. The molecule has 1 amide bonds. The predicted molar refractivity (Wildman–Crippen MR) is 82.0 cm³/mol. The smallest absolute Gasteiger partial charge is 0.219 e. The maximum absolute atomic E-state index is 11.6. The quantitative estimate of drug-likeness (QED) is 0.653. The van der Waals surface area contributed by atoms with Gasteiger partial charge < -0.3 is 4.90 Å². The van der Waals surface area contributed by atoms with Crippen molar-refractivity contribution in [3.63, 3.8) is 0 Å². The highest BCUT2D eigenvalue weighted by Crippen LogP contribution is 2.28. The van der Waals surface area contributed by atoms with Gasteiger partial charge in [0.05, 0.1) is 0 Å². The summed E-state index contributed by atoms with van der Waals surface area (Å²) in [6.45, 7) is 9.94. The number of hydrogen-bond acceptors (Lipinski definition) is 1. The van der Waals surface area contributed by atoms with E-state index in [-0.39, 0.29) is 5.91 Å². The monoisotopic (exact) mass is 263 g/mol. The minimum Gasteiger partial charge on any atom is -0.339 e. The average Bonchev–Trinajstić information content (AvgIpc) is 2.39. The van der Waals surface area contributed by atoms with Crippen LogP contribution in [-0.2, 0) is 4.79 Å². The molecule has 0 radical (unpaired) electrons. The van der Waals surface area contributed by atoms with Crippen LogP contribution in [0.2, 0.25) is 0 Å². The minimum atomic E-state index is 0.192. The van der Waals surface area contributed by atoms with Crippen LogP contribution in [0.3, 0.4) is 0 Å². The molecule has 0 saturated heterocycles. The van der Waals surface area contributed by atoms with Gasteiger partial charge in [0.25, 0.3) is 0 Å². The Morgan fingerprint density at radius 3 is 2.74 bits per heavy atom. The van der Waals surface area contributed by atoms with Gasteiger partial charge in [0.2, 0.25) is 5.91 Å². The Balaban J connectivity index is 2.50. The Labute approximate surface area is 118 Å². The van der Waals surface area contributed by atoms with Crippen molar-refractivity contribution in [2.45, 2.75) is 59.8 Å². The molecular weight excluding hydrogens is 234 g/mol. The molecule has 2 nitrogen and oxygen atoms in total. The molecule has 108 valence electrons. The molecule has 0 N–H and O–H groups in total. The number of carbonyl (C=O) groups excluding carboxylic acids is 1. The summed E-state index contributed by atoms with van der Waals surface area (Å²) < 4.78 is 0. The molecule has 1 rings (SSSR count). The molecule has 1 atom stereocenters. The van der Waals surface area contributed by atoms with Gasteiger partial charge in [-0.25, -0.2) is 0 Å². The summed E-state index contributed by atoms with van der Waals surface area (Å²) >= 11 is 0. The zero-order valence-corrected chi connectivity index (χ0v) is 13.0. The normalized spacial score (nSPS) is 20.1. The number of amides is 1. The lowest BCUT2D eigenvalue weighted by Crippen LogP contribution is -2.30. The minimum absolute atomic E-state index is 0.192. The highest BCUT2D eigenvalue weighted by Gasteiger charge is 2.14. The van der Waals surface area contributed by atoms with Gasteiger partial charge in [-0.05, 0) is 45.4 Å². The maximum atomic E-state index is 11.6. The third kappa shape index (κ3) is 5.63. The van der Waals surface area contributed by atoms with Gasteiger partial charge in [0, 0.05) is 20.0 Å². The second-order valence-corrected chi connectivity index (χ2v) is 5.79. The Kier molecular flexibility index (Phi) is 6.90. The molecule has 0 saturated carbocycles. The largest absolute Gasteiger partial charge is 0.339 e. The lowest BCUT2D eigenvalue weighted by molar-refractivity contribution is -0.128. The van der Waals surface area contributed by atoms with Crippen molar-refractivity contribution in [2.24, 2.45) is 5.92 Å². The first-order valence-corrected chi connectivity index (χ1v) is 7.62. The molecule has 0 bridgehead atoms. The molecule has 0 aromatic rings. The van der Waals surface area contributed by atoms with Crippen LogP contribution in [0.15, 0.2) is 23.3 Å². The van der Waals surface area contributed by atoms with Gasteiger partial charge >= 0.3 is 0 Å². The van der Waals surface area contributed by atoms with Crippen molar-refractivity contribution >= 4 is 5.91 Å². The standard InChI is InChI=1S/C17H29NO/c1-5-6-12-18(16(4)19)13-11-15(3)17-9-7-14(2)8-10-17/h7,11,17H,5-6,8-10,12-13H2,1-4H3/b15-11+. The second kappa shape index (κ2) is 8.19. The van der Waals surface area contributed by atoms with E-state index in [0.717, 1.165) is 25.9 Å². The lowest BCUT2D eigenvalue weighted by atomic mass is 9.85. The summed E-state index contributed by atoms with van der Waals surface area (Å²) in [5, 5.41) is 0. The van der Waals surface area contributed by atoms with Crippen molar-refractivity contribution in [1.29, 1.82) is 0 Å². The molecule has 1 unspecified atom stereocenters. The Morgan fingerprint density at radius 2 is 2.21 bits per heavy atom. The van der Waals surface area contributed by atoms with Crippen LogP contribution in [0.25, 0.3) is 0 Å². The summed E-state index contributed by atoms with van der Waals surface area (Å²) in [5.41, 5.74) is 2.98. The fraction of sp³-hybridized carbons (Fsp3) is 0.706. The highest BCUT2D eigenvalue weighted by atomic mass is 16.2. The molecule has 0 aromatic carbocycles.